The fourth-order valence-electron chi connectivity index (χ4n) is 2.83. The third-order valence-electron chi connectivity index (χ3n) is 4.34. The number of nitrogens with zero attached hydrogens (tertiary/aromatic N) is 1. The van der Waals surface area contributed by atoms with Gasteiger partial charge in [-0.15, -0.1) is 0 Å². The highest BCUT2D eigenvalue weighted by Crippen LogP contribution is 2.29. The number of ether oxygens (including phenoxy) is 3. The molecule has 1 amide bonds. The maximum atomic E-state index is 12.5. The van der Waals surface area contributed by atoms with E-state index in [1.807, 2.05) is 24.3 Å². The third kappa shape index (κ3) is 4.90. The lowest BCUT2D eigenvalue weighted by Crippen LogP contribution is -2.40. The van der Waals surface area contributed by atoms with Gasteiger partial charge in [-0.2, -0.15) is 0 Å². The van der Waals surface area contributed by atoms with E-state index in [2.05, 4.69) is 10.6 Å². The van der Waals surface area contributed by atoms with Gasteiger partial charge in [0.15, 0.2) is 5.11 Å². The van der Waals surface area contributed by atoms with Crippen LogP contribution in [0.4, 0.5) is 11.4 Å². The van der Waals surface area contributed by atoms with Gasteiger partial charge in [-0.05, 0) is 48.6 Å². The zero-order valence-corrected chi connectivity index (χ0v) is 16.7. The summed E-state index contributed by atoms with van der Waals surface area (Å²) in [4.78, 5) is 14.3. The Labute approximate surface area is 169 Å². The summed E-state index contributed by atoms with van der Waals surface area (Å²) >= 11 is 5.38. The largest absolute Gasteiger partial charge is 0.497 e. The first-order valence-electron chi connectivity index (χ1n) is 8.88. The summed E-state index contributed by atoms with van der Waals surface area (Å²) in [7, 11) is 3.18. The first-order chi connectivity index (χ1) is 13.6. The molecule has 2 aromatic carbocycles. The minimum Gasteiger partial charge on any atom is -0.497 e. The number of anilines is 2. The predicted octanol–water partition coefficient (Wildman–Crippen LogP) is 2.99. The number of hydrogen-bond donors (Lipinski definition) is 2. The minimum atomic E-state index is 0.0125. The number of nitrogens with one attached hydrogen (secondary N) is 2. The lowest BCUT2D eigenvalue weighted by Gasteiger charge is -2.26. The molecule has 1 aliphatic rings. The van der Waals surface area contributed by atoms with Crippen molar-refractivity contribution in [1.82, 2.24) is 4.90 Å². The number of morpholine rings is 1. The SMILES string of the molecule is COc1ccc(NC(=S)Nc2ccc(C(=O)N3CCOCC3)cc2)c(OC)c1. The number of amides is 1. The Bertz CT molecular complexity index is 836. The van der Waals surface area contributed by atoms with Crippen molar-refractivity contribution in [3.05, 3.63) is 48.0 Å². The van der Waals surface area contributed by atoms with E-state index >= 15 is 0 Å². The highest BCUT2D eigenvalue weighted by molar-refractivity contribution is 7.80. The second-order valence-corrected chi connectivity index (χ2v) is 6.54. The van der Waals surface area contributed by atoms with Crippen LogP contribution in [0.3, 0.4) is 0 Å². The lowest BCUT2D eigenvalue weighted by atomic mass is 10.1. The van der Waals surface area contributed by atoms with Gasteiger partial charge in [0.1, 0.15) is 11.5 Å². The molecular formula is C20H23N3O4S. The average molecular weight is 401 g/mol. The summed E-state index contributed by atoms with van der Waals surface area (Å²) in [6.45, 7) is 2.41. The molecule has 0 unspecified atom stereocenters. The quantitative estimate of drug-likeness (QED) is 0.746. The second-order valence-electron chi connectivity index (χ2n) is 6.13. The summed E-state index contributed by atoms with van der Waals surface area (Å²) in [5.41, 5.74) is 2.14. The van der Waals surface area contributed by atoms with Crippen molar-refractivity contribution < 1.29 is 19.0 Å². The molecule has 0 radical (unpaired) electrons. The number of carbonyl (C=O) groups is 1. The summed E-state index contributed by atoms with van der Waals surface area (Å²) < 4.78 is 15.8. The summed E-state index contributed by atoms with van der Waals surface area (Å²) in [5, 5.41) is 6.62. The van der Waals surface area contributed by atoms with Gasteiger partial charge < -0.3 is 29.7 Å². The summed E-state index contributed by atoms with van der Waals surface area (Å²) in [6.07, 6.45) is 0. The van der Waals surface area contributed by atoms with E-state index in [1.54, 1.807) is 37.3 Å². The van der Waals surface area contributed by atoms with Crippen LogP contribution >= 0.6 is 12.2 Å². The zero-order valence-electron chi connectivity index (χ0n) is 15.9. The normalized spacial score (nSPS) is 13.6. The van der Waals surface area contributed by atoms with E-state index in [4.69, 9.17) is 26.4 Å². The molecule has 28 heavy (non-hydrogen) atoms. The van der Waals surface area contributed by atoms with Gasteiger partial charge in [0, 0.05) is 30.4 Å². The van der Waals surface area contributed by atoms with Crippen LogP contribution in [-0.4, -0.2) is 56.4 Å². The maximum Gasteiger partial charge on any atom is 0.254 e. The van der Waals surface area contributed by atoms with Crippen LogP contribution in [0.25, 0.3) is 0 Å². The lowest BCUT2D eigenvalue weighted by molar-refractivity contribution is 0.0303. The van der Waals surface area contributed by atoms with Crippen molar-refractivity contribution in [2.24, 2.45) is 0 Å². The molecule has 0 atom stereocenters. The van der Waals surface area contributed by atoms with Crippen LogP contribution in [0.1, 0.15) is 10.4 Å². The summed E-state index contributed by atoms with van der Waals surface area (Å²) in [5.74, 6) is 1.33. The van der Waals surface area contributed by atoms with Gasteiger partial charge in [-0.3, -0.25) is 4.79 Å². The molecule has 1 fully saturated rings. The predicted molar refractivity (Wildman–Crippen MR) is 113 cm³/mol. The first kappa shape index (κ1) is 19.9. The maximum absolute atomic E-state index is 12.5. The van der Waals surface area contributed by atoms with Crippen molar-refractivity contribution in [3.63, 3.8) is 0 Å². The Morgan fingerprint density at radius 3 is 2.39 bits per heavy atom. The fourth-order valence-corrected chi connectivity index (χ4v) is 3.06. The van der Waals surface area contributed by atoms with Crippen molar-refractivity contribution in [3.8, 4) is 11.5 Å². The monoisotopic (exact) mass is 401 g/mol. The van der Waals surface area contributed by atoms with E-state index < -0.39 is 0 Å². The number of carbonyl (C=O) groups excluding carboxylic acids is 1. The molecule has 1 saturated heterocycles. The van der Waals surface area contributed by atoms with Crippen molar-refractivity contribution in [1.29, 1.82) is 0 Å². The van der Waals surface area contributed by atoms with E-state index in [0.29, 0.717) is 48.5 Å². The molecule has 7 nitrogen and oxygen atoms in total. The Morgan fingerprint density at radius 1 is 1.04 bits per heavy atom. The van der Waals surface area contributed by atoms with Gasteiger partial charge in [0.2, 0.25) is 0 Å². The fraction of sp³-hybridized carbons (Fsp3) is 0.300. The standard InChI is InChI=1S/C20H23N3O4S/c1-25-16-7-8-17(18(13-16)26-2)22-20(28)21-15-5-3-14(4-6-15)19(24)23-9-11-27-12-10-23/h3-8,13H,9-12H2,1-2H3,(H2,21,22,28). The summed E-state index contributed by atoms with van der Waals surface area (Å²) in [6, 6.07) is 12.7. The minimum absolute atomic E-state index is 0.0125. The van der Waals surface area contributed by atoms with Crippen LogP contribution < -0.4 is 20.1 Å². The zero-order chi connectivity index (χ0) is 19.9. The van der Waals surface area contributed by atoms with Crippen molar-refractivity contribution in [2.75, 3.05) is 51.2 Å². The Morgan fingerprint density at radius 2 is 1.75 bits per heavy atom. The highest BCUT2D eigenvalue weighted by Gasteiger charge is 2.18. The third-order valence-corrected chi connectivity index (χ3v) is 4.55. The Kier molecular flexibility index (Phi) is 6.67. The molecule has 0 bridgehead atoms. The van der Waals surface area contributed by atoms with Crippen LogP contribution in [0, 0.1) is 0 Å². The van der Waals surface area contributed by atoms with E-state index in [9.17, 15) is 4.79 Å². The molecule has 1 heterocycles. The molecule has 0 aliphatic carbocycles. The number of methoxy groups -OCH3 is 2. The topological polar surface area (TPSA) is 72.1 Å². The molecule has 1 aliphatic heterocycles. The molecule has 148 valence electrons. The van der Waals surface area contributed by atoms with Gasteiger partial charge in [0.05, 0.1) is 33.1 Å². The van der Waals surface area contributed by atoms with Gasteiger partial charge >= 0.3 is 0 Å². The van der Waals surface area contributed by atoms with E-state index in [1.165, 1.54) is 0 Å². The number of benzene rings is 2. The van der Waals surface area contributed by atoms with Gasteiger partial charge in [-0.1, -0.05) is 0 Å². The van der Waals surface area contributed by atoms with Crippen LogP contribution in [0.5, 0.6) is 11.5 Å². The number of rotatable bonds is 5. The Balaban J connectivity index is 1.61. The second kappa shape index (κ2) is 9.38. The smallest absolute Gasteiger partial charge is 0.254 e. The highest BCUT2D eigenvalue weighted by atomic mass is 32.1. The average Bonchev–Trinajstić information content (AvgIpc) is 2.74. The van der Waals surface area contributed by atoms with Gasteiger partial charge in [0.25, 0.3) is 5.91 Å². The molecular weight excluding hydrogens is 378 g/mol. The number of thiocarbonyl (C=S) groups is 1. The first-order valence-corrected chi connectivity index (χ1v) is 9.28. The van der Waals surface area contributed by atoms with E-state index in [-0.39, 0.29) is 5.91 Å². The molecule has 0 saturated carbocycles. The van der Waals surface area contributed by atoms with Crippen LogP contribution in [0.2, 0.25) is 0 Å². The van der Waals surface area contributed by atoms with Crippen LogP contribution in [0.15, 0.2) is 42.5 Å². The van der Waals surface area contributed by atoms with Gasteiger partial charge in [-0.25, -0.2) is 0 Å². The Hall–Kier alpha value is -2.84. The van der Waals surface area contributed by atoms with Crippen molar-refractivity contribution >= 4 is 34.6 Å². The molecule has 0 spiro atoms. The van der Waals surface area contributed by atoms with Crippen molar-refractivity contribution in [2.45, 2.75) is 0 Å². The molecule has 0 aromatic heterocycles. The molecule has 2 N–H and O–H groups in total. The van der Waals surface area contributed by atoms with Crippen LogP contribution in [-0.2, 0) is 4.74 Å². The molecule has 3 rings (SSSR count). The number of hydrogen-bond acceptors (Lipinski definition) is 5. The molecule has 2 aromatic rings. The van der Waals surface area contributed by atoms with E-state index in [0.717, 1.165) is 11.4 Å². The molecule has 8 heteroatoms.